The van der Waals surface area contributed by atoms with Crippen molar-refractivity contribution in [2.45, 2.75) is 0 Å². The molecule has 17 heavy (non-hydrogen) atoms. The second kappa shape index (κ2) is 4.88. The molecular formula is C11H7ClFN3O. The van der Waals surface area contributed by atoms with Crippen molar-refractivity contribution in [2.75, 3.05) is 5.32 Å². The summed E-state index contributed by atoms with van der Waals surface area (Å²) in [5, 5.41) is 2.65. The third kappa shape index (κ3) is 2.98. The van der Waals surface area contributed by atoms with E-state index in [-0.39, 0.29) is 22.6 Å². The Morgan fingerprint density at radius 1 is 1.18 bits per heavy atom. The summed E-state index contributed by atoms with van der Waals surface area (Å²) in [6.45, 7) is 0. The van der Waals surface area contributed by atoms with Crippen LogP contribution in [-0.4, -0.2) is 15.9 Å². The fourth-order valence-corrected chi connectivity index (χ4v) is 1.26. The molecule has 0 bridgehead atoms. The molecule has 1 heterocycles. The Balaban J connectivity index is 2.11. The van der Waals surface area contributed by atoms with Gasteiger partial charge in [0.2, 0.25) is 5.28 Å². The van der Waals surface area contributed by atoms with Crippen molar-refractivity contribution >= 4 is 23.2 Å². The Kier molecular flexibility index (Phi) is 3.30. The molecule has 1 aromatic heterocycles. The van der Waals surface area contributed by atoms with Crippen molar-refractivity contribution < 1.29 is 9.18 Å². The van der Waals surface area contributed by atoms with Gasteiger partial charge < -0.3 is 5.32 Å². The maximum absolute atomic E-state index is 12.6. The van der Waals surface area contributed by atoms with Gasteiger partial charge in [-0.2, -0.15) is 0 Å². The van der Waals surface area contributed by atoms with E-state index in [2.05, 4.69) is 15.3 Å². The molecule has 0 unspecified atom stereocenters. The lowest BCUT2D eigenvalue weighted by Gasteiger charge is -2.04. The lowest BCUT2D eigenvalue weighted by Crippen LogP contribution is -2.12. The molecule has 2 rings (SSSR count). The first-order chi connectivity index (χ1) is 8.15. The minimum Gasteiger partial charge on any atom is -0.322 e. The Morgan fingerprint density at radius 3 is 2.35 bits per heavy atom. The zero-order chi connectivity index (χ0) is 12.3. The van der Waals surface area contributed by atoms with Crippen LogP contribution in [0, 0.1) is 5.82 Å². The highest BCUT2D eigenvalue weighted by Gasteiger charge is 2.07. The Hall–Kier alpha value is -2.01. The number of anilines is 1. The zero-order valence-electron chi connectivity index (χ0n) is 8.52. The van der Waals surface area contributed by atoms with E-state index >= 15 is 0 Å². The minimum absolute atomic E-state index is 0.0725. The second-order valence-corrected chi connectivity index (χ2v) is 3.54. The highest BCUT2D eigenvalue weighted by atomic mass is 35.5. The maximum atomic E-state index is 12.6. The van der Waals surface area contributed by atoms with E-state index in [1.807, 2.05) is 0 Å². The molecule has 0 saturated carbocycles. The van der Waals surface area contributed by atoms with Gasteiger partial charge in [0, 0.05) is 18.1 Å². The first kappa shape index (κ1) is 11.5. The molecule has 0 atom stereocenters. The van der Waals surface area contributed by atoms with Crippen LogP contribution in [0.3, 0.4) is 0 Å². The molecule has 0 fully saturated rings. The Bertz CT molecular complexity index is 527. The van der Waals surface area contributed by atoms with Crippen LogP contribution in [0.25, 0.3) is 0 Å². The number of rotatable bonds is 2. The Labute approximate surface area is 101 Å². The number of carbonyl (C=O) groups is 1. The zero-order valence-corrected chi connectivity index (χ0v) is 9.28. The number of amides is 1. The van der Waals surface area contributed by atoms with Crippen molar-refractivity contribution in [3.8, 4) is 0 Å². The van der Waals surface area contributed by atoms with Crippen LogP contribution in [0.2, 0.25) is 5.28 Å². The minimum atomic E-state index is -0.381. The number of benzene rings is 1. The molecular weight excluding hydrogens is 245 g/mol. The van der Waals surface area contributed by atoms with E-state index in [0.717, 1.165) is 0 Å². The number of hydrogen-bond acceptors (Lipinski definition) is 3. The van der Waals surface area contributed by atoms with E-state index in [1.54, 1.807) is 0 Å². The molecule has 0 aliphatic heterocycles. The first-order valence-corrected chi connectivity index (χ1v) is 5.07. The van der Waals surface area contributed by atoms with Crippen molar-refractivity contribution in [3.05, 3.63) is 53.3 Å². The number of nitrogens with one attached hydrogen (secondary N) is 1. The number of carbonyl (C=O) groups excluding carboxylic acids is 1. The molecule has 1 aromatic carbocycles. The number of hydrogen-bond donors (Lipinski definition) is 1. The SMILES string of the molecule is O=C(Nc1ccc(F)cc1)c1cnc(Cl)nc1. The van der Waals surface area contributed by atoms with Crippen LogP contribution in [0.4, 0.5) is 10.1 Å². The summed E-state index contributed by atoms with van der Waals surface area (Å²) in [6, 6.07) is 5.44. The molecule has 6 heteroatoms. The standard InChI is InChI=1S/C11H7ClFN3O/c12-11-14-5-7(6-15-11)10(17)16-9-3-1-8(13)2-4-9/h1-6H,(H,16,17). The van der Waals surface area contributed by atoms with Gasteiger partial charge in [0.1, 0.15) is 5.82 Å². The average molecular weight is 252 g/mol. The fourth-order valence-electron chi connectivity index (χ4n) is 1.17. The normalized spacial score (nSPS) is 10.0. The number of aromatic nitrogens is 2. The third-order valence-corrected chi connectivity index (χ3v) is 2.18. The monoisotopic (exact) mass is 251 g/mol. The molecule has 1 N–H and O–H groups in total. The molecule has 1 amide bonds. The van der Waals surface area contributed by atoms with Gasteiger partial charge in [0.25, 0.3) is 5.91 Å². The van der Waals surface area contributed by atoms with E-state index in [9.17, 15) is 9.18 Å². The van der Waals surface area contributed by atoms with Gasteiger partial charge in [-0.05, 0) is 35.9 Å². The molecule has 2 aromatic rings. The molecule has 0 aliphatic rings. The molecule has 0 spiro atoms. The highest BCUT2D eigenvalue weighted by molar-refractivity contribution is 6.28. The topological polar surface area (TPSA) is 54.9 Å². The van der Waals surface area contributed by atoms with Crippen molar-refractivity contribution in [1.29, 1.82) is 0 Å². The third-order valence-electron chi connectivity index (χ3n) is 1.98. The average Bonchev–Trinajstić information content (AvgIpc) is 2.33. The molecule has 4 nitrogen and oxygen atoms in total. The van der Waals surface area contributed by atoms with E-state index in [1.165, 1.54) is 36.7 Å². The largest absolute Gasteiger partial charge is 0.322 e. The van der Waals surface area contributed by atoms with Gasteiger partial charge in [-0.15, -0.1) is 0 Å². The quantitative estimate of drug-likeness (QED) is 0.835. The Morgan fingerprint density at radius 2 is 1.76 bits per heavy atom. The summed E-state index contributed by atoms with van der Waals surface area (Å²) < 4.78 is 12.6. The van der Waals surface area contributed by atoms with Crippen molar-refractivity contribution in [1.82, 2.24) is 9.97 Å². The summed E-state index contributed by atoms with van der Waals surface area (Å²) in [7, 11) is 0. The predicted molar refractivity (Wildman–Crippen MR) is 61.4 cm³/mol. The summed E-state index contributed by atoms with van der Waals surface area (Å²) in [5.74, 6) is -0.744. The summed E-state index contributed by atoms with van der Waals surface area (Å²) in [6.07, 6.45) is 2.63. The summed E-state index contributed by atoms with van der Waals surface area (Å²) in [5.41, 5.74) is 0.769. The van der Waals surface area contributed by atoms with Gasteiger partial charge >= 0.3 is 0 Å². The van der Waals surface area contributed by atoms with E-state index in [0.29, 0.717) is 5.69 Å². The lowest BCUT2D eigenvalue weighted by molar-refractivity contribution is 0.102. The number of nitrogens with zero attached hydrogens (tertiary/aromatic N) is 2. The van der Waals surface area contributed by atoms with Crippen LogP contribution in [0.1, 0.15) is 10.4 Å². The van der Waals surface area contributed by atoms with Crippen LogP contribution in [0.5, 0.6) is 0 Å². The predicted octanol–water partition coefficient (Wildman–Crippen LogP) is 2.52. The summed E-state index contributed by atoms with van der Waals surface area (Å²) >= 11 is 5.50. The summed E-state index contributed by atoms with van der Waals surface area (Å²) in [4.78, 5) is 19.1. The molecule has 0 saturated heterocycles. The molecule has 0 aliphatic carbocycles. The molecule has 86 valence electrons. The van der Waals surface area contributed by atoms with Crippen LogP contribution in [0.15, 0.2) is 36.7 Å². The van der Waals surface area contributed by atoms with Crippen LogP contribution < -0.4 is 5.32 Å². The van der Waals surface area contributed by atoms with Gasteiger partial charge in [-0.25, -0.2) is 14.4 Å². The van der Waals surface area contributed by atoms with Gasteiger partial charge in [-0.1, -0.05) is 0 Å². The first-order valence-electron chi connectivity index (χ1n) is 4.69. The maximum Gasteiger partial charge on any atom is 0.258 e. The van der Waals surface area contributed by atoms with Crippen molar-refractivity contribution in [3.63, 3.8) is 0 Å². The number of halogens is 2. The van der Waals surface area contributed by atoms with E-state index < -0.39 is 0 Å². The second-order valence-electron chi connectivity index (χ2n) is 3.20. The van der Waals surface area contributed by atoms with Gasteiger partial charge in [0.15, 0.2) is 0 Å². The van der Waals surface area contributed by atoms with Crippen LogP contribution >= 0.6 is 11.6 Å². The molecule has 0 radical (unpaired) electrons. The van der Waals surface area contributed by atoms with Gasteiger partial charge in [0.05, 0.1) is 5.56 Å². The van der Waals surface area contributed by atoms with E-state index in [4.69, 9.17) is 11.6 Å². The van der Waals surface area contributed by atoms with Crippen LogP contribution in [-0.2, 0) is 0 Å². The fraction of sp³-hybridized carbons (Fsp3) is 0. The van der Waals surface area contributed by atoms with Gasteiger partial charge in [-0.3, -0.25) is 4.79 Å². The highest BCUT2D eigenvalue weighted by Crippen LogP contribution is 2.10. The smallest absolute Gasteiger partial charge is 0.258 e. The lowest BCUT2D eigenvalue weighted by atomic mass is 10.2. The van der Waals surface area contributed by atoms with Crippen molar-refractivity contribution in [2.24, 2.45) is 0 Å².